The summed E-state index contributed by atoms with van der Waals surface area (Å²) in [5.41, 5.74) is 1.19. The van der Waals surface area contributed by atoms with Gasteiger partial charge in [-0.2, -0.15) is 0 Å². The number of aromatic nitrogens is 1. The van der Waals surface area contributed by atoms with Crippen LogP contribution in [0.3, 0.4) is 0 Å². The number of hydrogen-bond donors (Lipinski definition) is 1. The SMILES string of the molecule is O=C(CCC1CCCC1)Nc1ncc(Cc2ccc(Cl)cc2)s1. The van der Waals surface area contributed by atoms with Crippen LogP contribution < -0.4 is 5.32 Å². The fourth-order valence-corrected chi connectivity index (χ4v) is 4.06. The molecule has 3 nitrogen and oxygen atoms in total. The molecule has 1 aliphatic carbocycles. The zero-order valence-corrected chi connectivity index (χ0v) is 14.6. The van der Waals surface area contributed by atoms with Crippen molar-refractivity contribution in [2.75, 3.05) is 5.32 Å². The van der Waals surface area contributed by atoms with Gasteiger partial charge in [0.15, 0.2) is 5.13 Å². The molecular weight excluding hydrogens is 328 g/mol. The topological polar surface area (TPSA) is 42.0 Å². The monoisotopic (exact) mass is 348 g/mol. The van der Waals surface area contributed by atoms with Gasteiger partial charge in [-0.15, -0.1) is 11.3 Å². The normalized spacial score (nSPS) is 15.0. The van der Waals surface area contributed by atoms with Crippen LogP contribution >= 0.6 is 22.9 Å². The maximum atomic E-state index is 12.0. The number of nitrogens with zero attached hydrogens (tertiary/aromatic N) is 1. The van der Waals surface area contributed by atoms with E-state index in [1.54, 1.807) is 11.3 Å². The number of benzene rings is 1. The van der Waals surface area contributed by atoms with E-state index in [1.165, 1.54) is 31.2 Å². The lowest BCUT2D eigenvalue weighted by atomic mass is 10.0. The van der Waals surface area contributed by atoms with Crippen LogP contribution in [0.5, 0.6) is 0 Å². The molecule has 1 N–H and O–H groups in total. The van der Waals surface area contributed by atoms with E-state index >= 15 is 0 Å². The van der Waals surface area contributed by atoms with Gasteiger partial charge in [-0.1, -0.05) is 49.4 Å². The van der Waals surface area contributed by atoms with Gasteiger partial charge in [-0.05, 0) is 30.0 Å². The van der Waals surface area contributed by atoms with Crippen molar-refractivity contribution in [3.05, 3.63) is 45.9 Å². The molecule has 1 heterocycles. The molecule has 0 bridgehead atoms. The number of thiazole rings is 1. The third-order valence-electron chi connectivity index (χ3n) is 4.35. The highest BCUT2D eigenvalue weighted by Crippen LogP contribution is 2.29. The number of amides is 1. The summed E-state index contributed by atoms with van der Waals surface area (Å²) in [7, 11) is 0. The Labute approximate surface area is 146 Å². The quantitative estimate of drug-likeness (QED) is 0.770. The number of rotatable bonds is 6. The second-order valence-electron chi connectivity index (χ2n) is 6.17. The Bertz CT molecular complexity index is 647. The maximum absolute atomic E-state index is 12.0. The molecule has 0 radical (unpaired) electrons. The molecule has 1 fully saturated rings. The molecule has 3 rings (SSSR count). The third-order valence-corrected chi connectivity index (χ3v) is 5.51. The van der Waals surface area contributed by atoms with E-state index in [1.807, 2.05) is 30.5 Å². The summed E-state index contributed by atoms with van der Waals surface area (Å²) in [6, 6.07) is 7.82. The molecule has 2 aromatic rings. The van der Waals surface area contributed by atoms with Crippen LogP contribution in [-0.4, -0.2) is 10.9 Å². The van der Waals surface area contributed by atoms with E-state index in [4.69, 9.17) is 11.6 Å². The minimum Gasteiger partial charge on any atom is -0.302 e. The molecule has 1 aliphatic rings. The lowest BCUT2D eigenvalue weighted by Crippen LogP contribution is -2.12. The molecule has 1 amide bonds. The zero-order valence-electron chi connectivity index (χ0n) is 13.1. The Hall–Kier alpha value is -1.39. The summed E-state index contributed by atoms with van der Waals surface area (Å²) in [4.78, 5) is 17.5. The van der Waals surface area contributed by atoms with Crippen molar-refractivity contribution in [1.82, 2.24) is 4.98 Å². The Morgan fingerprint density at radius 3 is 2.74 bits per heavy atom. The van der Waals surface area contributed by atoms with E-state index in [0.717, 1.165) is 28.7 Å². The van der Waals surface area contributed by atoms with Crippen LogP contribution in [0, 0.1) is 5.92 Å². The van der Waals surface area contributed by atoms with Crippen LogP contribution in [-0.2, 0) is 11.2 Å². The minimum absolute atomic E-state index is 0.0873. The van der Waals surface area contributed by atoms with E-state index < -0.39 is 0 Å². The first-order valence-electron chi connectivity index (χ1n) is 8.18. The number of carbonyl (C=O) groups excluding carboxylic acids is 1. The number of nitrogens with one attached hydrogen (secondary N) is 1. The van der Waals surface area contributed by atoms with Crippen molar-refractivity contribution in [2.45, 2.75) is 44.9 Å². The molecule has 23 heavy (non-hydrogen) atoms. The molecule has 122 valence electrons. The third kappa shape index (κ3) is 5.05. The lowest BCUT2D eigenvalue weighted by Gasteiger charge is -2.07. The first kappa shape index (κ1) is 16.5. The number of halogens is 1. The van der Waals surface area contributed by atoms with Crippen LogP contribution in [0.1, 0.15) is 49.0 Å². The Kier molecular flexibility index (Phi) is 5.68. The molecule has 5 heteroatoms. The van der Waals surface area contributed by atoms with Crippen LogP contribution in [0.25, 0.3) is 0 Å². The van der Waals surface area contributed by atoms with Crippen molar-refractivity contribution in [2.24, 2.45) is 5.92 Å². The van der Waals surface area contributed by atoms with Gasteiger partial charge in [-0.25, -0.2) is 4.98 Å². The highest BCUT2D eigenvalue weighted by molar-refractivity contribution is 7.15. The van der Waals surface area contributed by atoms with Gasteiger partial charge in [0.2, 0.25) is 5.91 Å². The predicted molar refractivity (Wildman–Crippen MR) is 96.2 cm³/mol. The number of anilines is 1. The number of hydrogen-bond acceptors (Lipinski definition) is 3. The largest absolute Gasteiger partial charge is 0.302 e. The molecule has 0 aliphatic heterocycles. The second kappa shape index (κ2) is 7.93. The molecule has 1 saturated carbocycles. The van der Waals surface area contributed by atoms with E-state index in [9.17, 15) is 4.79 Å². The first-order chi connectivity index (χ1) is 11.2. The Morgan fingerprint density at radius 2 is 2.00 bits per heavy atom. The fraction of sp³-hybridized carbons (Fsp3) is 0.444. The predicted octanol–water partition coefficient (Wildman–Crippen LogP) is 5.30. The molecule has 1 aromatic heterocycles. The fourth-order valence-electron chi connectivity index (χ4n) is 3.07. The highest BCUT2D eigenvalue weighted by atomic mass is 35.5. The van der Waals surface area contributed by atoms with E-state index in [-0.39, 0.29) is 5.91 Å². The summed E-state index contributed by atoms with van der Waals surface area (Å²) in [6.45, 7) is 0. The van der Waals surface area contributed by atoms with Crippen molar-refractivity contribution >= 4 is 34.0 Å². The average molecular weight is 349 g/mol. The standard InChI is InChI=1S/C18H21ClN2OS/c19-15-8-5-14(6-9-15)11-16-12-20-18(23-16)21-17(22)10-7-13-3-1-2-4-13/h5-6,8-9,12-13H,1-4,7,10-11H2,(H,20,21,22). The van der Waals surface area contributed by atoms with Crippen molar-refractivity contribution < 1.29 is 4.79 Å². The van der Waals surface area contributed by atoms with Gasteiger partial charge >= 0.3 is 0 Å². The van der Waals surface area contributed by atoms with Crippen LogP contribution in [0.15, 0.2) is 30.5 Å². The summed E-state index contributed by atoms with van der Waals surface area (Å²) < 4.78 is 0. The zero-order chi connectivity index (χ0) is 16.1. The summed E-state index contributed by atoms with van der Waals surface area (Å²) in [6.07, 6.45) is 9.50. The van der Waals surface area contributed by atoms with Crippen LogP contribution in [0.2, 0.25) is 5.02 Å². The summed E-state index contributed by atoms with van der Waals surface area (Å²) >= 11 is 7.44. The van der Waals surface area contributed by atoms with Gasteiger partial charge in [-0.3, -0.25) is 4.79 Å². The summed E-state index contributed by atoms with van der Waals surface area (Å²) in [5.74, 6) is 0.835. The van der Waals surface area contributed by atoms with Gasteiger partial charge in [0, 0.05) is 28.9 Å². The lowest BCUT2D eigenvalue weighted by molar-refractivity contribution is -0.116. The van der Waals surface area contributed by atoms with Gasteiger partial charge in [0.1, 0.15) is 0 Å². The van der Waals surface area contributed by atoms with Crippen molar-refractivity contribution in [1.29, 1.82) is 0 Å². The number of carbonyl (C=O) groups is 1. The van der Waals surface area contributed by atoms with E-state index in [2.05, 4.69) is 10.3 Å². The Balaban J connectivity index is 1.48. The molecule has 0 spiro atoms. The maximum Gasteiger partial charge on any atom is 0.226 e. The Morgan fingerprint density at radius 1 is 1.26 bits per heavy atom. The average Bonchev–Trinajstić information content (AvgIpc) is 3.20. The van der Waals surface area contributed by atoms with Crippen molar-refractivity contribution in [3.63, 3.8) is 0 Å². The molecule has 1 aromatic carbocycles. The van der Waals surface area contributed by atoms with Crippen LogP contribution in [0.4, 0.5) is 5.13 Å². The molecular formula is C18H21ClN2OS. The molecule has 0 saturated heterocycles. The molecule has 0 unspecified atom stereocenters. The van der Waals surface area contributed by atoms with Gasteiger partial charge in [0.25, 0.3) is 0 Å². The van der Waals surface area contributed by atoms with Gasteiger partial charge < -0.3 is 5.32 Å². The minimum atomic E-state index is 0.0873. The smallest absolute Gasteiger partial charge is 0.226 e. The summed E-state index contributed by atoms with van der Waals surface area (Å²) in [5, 5.41) is 4.37. The second-order valence-corrected chi connectivity index (χ2v) is 7.72. The van der Waals surface area contributed by atoms with E-state index in [0.29, 0.717) is 11.6 Å². The van der Waals surface area contributed by atoms with Gasteiger partial charge in [0.05, 0.1) is 0 Å². The highest BCUT2D eigenvalue weighted by Gasteiger charge is 2.16. The first-order valence-corrected chi connectivity index (χ1v) is 9.37. The molecule has 0 atom stereocenters. The van der Waals surface area contributed by atoms with Crippen molar-refractivity contribution in [3.8, 4) is 0 Å².